The SMILES string of the molecule is O=C(NCCC1CCCCC1)NC1CCCCCCCCCCC1. The van der Waals surface area contributed by atoms with E-state index in [-0.39, 0.29) is 6.03 Å². The van der Waals surface area contributed by atoms with Crippen molar-refractivity contribution in [2.75, 3.05) is 6.54 Å². The molecule has 0 bridgehead atoms. The summed E-state index contributed by atoms with van der Waals surface area (Å²) in [6.07, 6.45) is 22.6. The van der Waals surface area contributed by atoms with Crippen LogP contribution in [-0.2, 0) is 0 Å². The summed E-state index contributed by atoms with van der Waals surface area (Å²) < 4.78 is 0. The third-order valence-corrected chi connectivity index (χ3v) is 6.00. The average Bonchev–Trinajstić information content (AvgIpc) is 2.58. The van der Waals surface area contributed by atoms with E-state index >= 15 is 0 Å². The van der Waals surface area contributed by atoms with Crippen LogP contribution in [0.15, 0.2) is 0 Å². The molecule has 2 N–H and O–H groups in total. The molecule has 3 nitrogen and oxygen atoms in total. The molecule has 2 amide bonds. The summed E-state index contributed by atoms with van der Waals surface area (Å²) in [7, 11) is 0. The molecule has 0 unspecified atom stereocenters. The van der Waals surface area contributed by atoms with Crippen LogP contribution in [-0.4, -0.2) is 18.6 Å². The summed E-state index contributed by atoms with van der Waals surface area (Å²) >= 11 is 0. The molecule has 2 saturated carbocycles. The van der Waals surface area contributed by atoms with Crippen molar-refractivity contribution in [1.82, 2.24) is 10.6 Å². The lowest BCUT2D eigenvalue weighted by Gasteiger charge is -2.22. The Labute approximate surface area is 149 Å². The molecular formula is C21H40N2O. The number of amides is 2. The highest BCUT2D eigenvalue weighted by Gasteiger charge is 2.15. The van der Waals surface area contributed by atoms with Crippen molar-refractivity contribution >= 4 is 6.03 Å². The maximum atomic E-state index is 12.2. The third-order valence-electron chi connectivity index (χ3n) is 6.00. The molecule has 0 aromatic heterocycles. The topological polar surface area (TPSA) is 41.1 Å². The maximum Gasteiger partial charge on any atom is 0.315 e. The molecule has 0 aliphatic heterocycles. The van der Waals surface area contributed by atoms with E-state index in [0.717, 1.165) is 31.7 Å². The number of urea groups is 1. The lowest BCUT2D eigenvalue weighted by Crippen LogP contribution is -2.42. The van der Waals surface area contributed by atoms with E-state index in [1.165, 1.54) is 89.9 Å². The van der Waals surface area contributed by atoms with Crippen molar-refractivity contribution in [3.63, 3.8) is 0 Å². The number of rotatable bonds is 4. The first-order valence-electron chi connectivity index (χ1n) is 10.9. The minimum atomic E-state index is 0.0721. The van der Waals surface area contributed by atoms with Crippen LogP contribution in [0, 0.1) is 5.92 Å². The minimum Gasteiger partial charge on any atom is -0.338 e. The smallest absolute Gasteiger partial charge is 0.315 e. The lowest BCUT2D eigenvalue weighted by atomic mass is 9.87. The molecule has 0 radical (unpaired) electrons. The van der Waals surface area contributed by atoms with Crippen LogP contribution in [0.5, 0.6) is 0 Å². The molecule has 140 valence electrons. The Bertz CT molecular complexity index is 314. The Morgan fingerprint density at radius 3 is 1.71 bits per heavy atom. The quantitative estimate of drug-likeness (QED) is 0.656. The largest absolute Gasteiger partial charge is 0.338 e. The van der Waals surface area contributed by atoms with Gasteiger partial charge in [0.1, 0.15) is 0 Å². The molecule has 0 spiro atoms. The molecule has 0 atom stereocenters. The third kappa shape index (κ3) is 8.94. The predicted molar refractivity (Wildman–Crippen MR) is 102 cm³/mol. The normalized spacial score (nSPS) is 23.0. The predicted octanol–water partition coefficient (Wildman–Crippen LogP) is 5.93. The van der Waals surface area contributed by atoms with Gasteiger partial charge in [-0.2, -0.15) is 0 Å². The molecule has 0 aromatic rings. The van der Waals surface area contributed by atoms with Crippen LogP contribution in [0.1, 0.15) is 109 Å². The maximum absolute atomic E-state index is 12.2. The highest BCUT2D eigenvalue weighted by atomic mass is 16.2. The van der Waals surface area contributed by atoms with Gasteiger partial charge in [0.25, 0.3) is 0 Å². The zero-order chi connectivity index (χ0) is 16.9. The first kappa shape index (κ1) is 19.6. The van der Waals surface area contributed by atoms with Gasteiger partial charge >= 0.3 is 6.03 Å². The van der Waals surface area contributed by atoms with Gasteiger partial charge in [0.05, 0.1) is 0 Å². The summed E-state index contributed by atoms with van der Waals surface area (Å²) in [5, 5.41) is 6.37. The zero-order valence-electron chi connectivity index (χ0n) is 15.8. The zero-order valence-corrected chi connectivity index (χ0v) is 15.8. The van der Waals surface area contributed by atoms with Gasteiger partial charge in [-0.05, 0) is 25.2 Å². The molecule has 2 aliphatic carbocycles. The van der Waals surface area contributed by atoms with Crippen LogP contribution in [0.25, 0.3) is 0 Å². The number of carbonyl (C=O) groups excluding carboxylic acids is 1. The average molecular weight is 337 g/mol. The van der Waals surface area contributed by atoms with E-state index in [4.69, 9.17) is 0 Å². The fourth-order valence-corrected chi connectivity index (χ4v) is 4.41. The standard InChI is InChI=1S/C21H40N2O/c24-21(22-18-17-19-13-9-8-10-14-19)23-20-15-11-6-4-2-1-3-5-7-12-16-20/h19-20H,1-18H2,(H2,22,23,24). The first-order valence-corrected chi connectivity index (χ1v) is 10.9. The Morgan fingerprint density at radius 2 is 1.12 bits per heavy atom. The summed E-state index contributed by atoms with van der Waals surface area (Å²) in [6.45, 7) is 0.850. The Kier molecular flexibility index (Phi) is 10.3. The number of hydrogen-bond donors (Lipinski definition) is 2. The first-order chi connectivity index (χ1) is 11.8. The molecule has 2 rings (SSSR count). The number of nitrogens with one attached hydrogen (secondary N) is 2. The van der Waals surface area contributed by atoms with E-state index in [1.54, 1.807) is 0 Å². The van der Waals surface area contributed by atoms with Gasteiger partial charge in [-0.25, -0.2) is 4.79 Å². The van der Waals surface area contributed by atoms with Crippen LogP contribution in [0.3, 0.4) is 0 Å². The summed E-state index contributed by atoms with van der Waals surface area (Å²) in [5.74, 6) is 0.848. The molecule has 2 aliphatic rings. The van der Waals surface area contributed by atoms with E-state index in [1.807, 2.05) is 0 Å². The van der Waals surface area contributed by atoms with Gasteiger partial charge in [0.2, 0.25) is 0 Å². The van der Waals surface area contributed by atoms with Gasteiger partial charge < -0.3 is 10.6 Å². The van der Waals surface area contributed by atoms with Crippen molar-refractivity contribution in [2.24, 2.45) is 5.92 Å². The molecule has 2 fully saturated rings. The summed E-state index contributed by atoms with van der Waals surface area (Å²) in [4.78, 5) is 12.2. The van der Waals surface area contributed by atoms with Gasteiger partial charge in [-0.3, -0.25) is 0 Å². The molecule has 3 heteroatoms. The van der Waals surface area contributed by atoms with Crippen molar-refractivity contribution < 1.29 is 4.79 Å². The number of hydrogen-bond acceptors (Lipinski definition) is 1. The highest BCUT2D eigenvalue weighted by molar-refractivity contribution is 5.74. The fraction of sp³-hybridized carbons (Fsp3) is 0.952. The van der Waals surface area contributed by atoms with Crippen molar-refractivity contribution in [3.8, 4) is 0 Å². The fourth-order valence-electron chi connectivity index (χ4n) is 4.41. The highest BCUT2D eigenvalue weighted by Crippen LogP contribution is 2.25. The van der Waals surface area contributed by atoms with Gasteiger partial charge in [-0.15, -0.1) is 0 Å². The van der Waals surface area contributed by atoms with Crippen molar-refractivity contribution in [1.29, 1.82) is 0 Å². The van der Waals surface area contributed by atoms with Gasteiger partial charge in [0.15, 0.2) is 0 Å². The van der Waals surface area contributed by atoms with Crippen LogP contribution >= 0.6 is 0 Å². The van der Waals surface area contributed by atoms with E-state index in [0.29, 0.717) is 6.04 Å². The second-order valence-electron chi connectivity index (χ2n) is 8.15. The van der Waals surface area contributed by atoms with E-state index in [2.05, 4.69) is 10.6 Å². The van der Waals surface area contributed by atoms with Crippen LogP contribution < -0.4 is 10.6 Å². The van der Waals surface area contributed by atoms with Crippen molar-refractivity contribution in [2.45, 2.75) is 115 Å². The van der Waals surface area contributed by atoms with Crippen LogP contribution in [0.2, 0.25) is 0 Å². The lowest BCUT2D eigenvalue weighted by molar-refractivity contribution is 0.232. The molecule has 0 heterocycles. The van der Waals surface area contributed by atoms with E-state index in [9.17, 15) is 4.79 Å². The van der Waals surface area contributed by atoms with Gasteiger partial charge in [0, 0.05) is 12.6 Å². The summed E-state index contributed by atoms with van der Waals surface area (Å²) in [6, 6.07) is 0.460. The Hall–Kier alpha value is -0.730. The van der Waals surface area contributed by atoms with Gasteiger partial charge in [-0.1, -0.05) is 89.9 Å². The molecule has 24 heavy (non-hydrogen) atoms. The molecule has 0 saturated heterocycles. The summed E-state index contributed by atoms with van der Waals surface area (Å²) in [5.41, 5.74) is 0. The minimum absolute atomic E-state index is 0.0721. The molecule has 0 aromatic carbocycles. The van der Waals surface area contributed by atoms with Crippen molar-refractivity contribution in [3.05, 3.63) is 0 Å². The second-order valence-corrected chi connectivity index (χ2v) is 8.15. The Morgan fingerprint density at radius 1 is 0.667 bits per heavy atom. The molecular weight excluding hydrogens is 296 g/mol. The van der Waals surface area contributed by atoms with E-state index < -0.39 is 0 Å². The number of carbonyl (C=O) groups is 1. The monoisotopic (exact) mass is 336 g/mol. The Balaban J connectivity index is 1.61. The second kappa shape index (κ2) is 12.6. The van der Waals surface area contributed by atoms with Crippen LogP contribution in [0.4, 0.5) is 4.79 Å².